The molecule has 1 aromatic rings. The first-order chi connectivity index (χ1) is 9.46. The number of rotatable bonds is 6. The van der Waals surface area contributed by atoms with Crippen LogP contribution in [-0.4, -0.2) is 33.1 Å². The third-order valence-corrected chi connectivity index (χ3v) is 2.57. The summed E-state index contributed by atoms with van der Waals surface area (Å²) in [5, 5.41) is 0. The molecule has 7 heteroatoms. The molecule has 7 nitrogen and oxygen atoms in total. The highest BCUT2D eigenvalue weighted by Gasteiger charge is 2.18. The lowest BCUT2D eigenvalue weighted by Crippen LogP contribution is -2.25. The van der Waals surface area contributed by atoms with E-state index in [1.54, 1.807) is 12.1 Å². The fraction of sp³-hybridized carbons (Fsp3) is 0.231. The number of carbonyl (C=O) groups excluding carboxylic acids is 2. The van der Waals surface area contributed by atoms with Crippen molar-refractivity contribution in [3.05, 3.63) is 23.3 Å². The van der Waals surface area contributed by atoms with E-state index < -0.39 is 11.8 Å². The molecule has 0 saturated heterocycles. The fourth-order valence-electron chi connectivity index (χ4n) is 1.66. The smallest absolute Gasteiger partial charge is 0.254 e. The summed E-state index contributed by atoms with van der Waals surface area (Å²) in [6.45, 7) is 0. The van der Waals surface area contributed by atoms with Crippen molar-refractivity contribution in [2.75, 3.05) is 21.3 Å². The van der Waals surface area contributed by atoms with Crippen LogP contribution in [0.4, 0.5) is 0 Å². The van der Waals surface area contributed by atoms with Gasteiger partial charge in [0.1, 0.15) is 5.57 Å². The van der Waals surface area contributed by atoms with Gasteiger partial charge in [-0.25, -0.2) is 0 Å². The maximum Gasteiger partial charge on any atom is 0.254 e. The van der Waals surface area contributed by atoms with E-state index in [4.69, 9.17) is 25.7 Å². The summed E-state index contributed by atoms with van der Waals surface area (Å²) >= 11 is 0. The molecule has 0 spiro atoms. The lowest BCUT2D eigenvalue weighted by molar-refractivity contribution is -0.120. The molecule has 0 fully saturated rings. The van der Waals surface area contributed by atoms with E-state index in [0.29, 0.717) is 22.8 Å². The Bertz CT molecular complexity index is 550. The van der Waals surface area contributed by atoms with Crippen LogP contribution < -0.4 is 25.7 Å². The minimum Gasteiger partial charge on any atom is -0.493 e. The van der Waals surface area contributed by atoms with Gasteiger partial charge in [0.2, 0.25) is 5.75 Å². The third-order valence-electron chi connectivity index (χ3n) is 2.57. The van der Waals surface area contributed by atoms with Crippen LogP contribution in [0, 0.1) is 0 Å². The Balaban J connectivity index is 3.49. The summed E-state index contributed by atoms with van der Waals surface area (Å²) in [6, 6.07) is 3.19. The van der Waals surface area contributed by atoms with Gasteiger partial charge in [0.25, 0.3) is 11.8 Å². The van der Waals surface area contributed by atoms with E-state index in [9.17, 15) is 9.59 Å². The normalized spacial score (nSPS) is 9.55. The topological polar surface area (TPSA) is 114 Å². The number of methoxy groups -OCH3 is 3. The van der Waals surface area contributed by atoms with Gasteiger partial charge in [-0.3, -0.25) is 9.59 Å². The second kappa shape index (κ2) is 6.46. The first-order valence-electron chi connectivity index (χ1n) is 5.56. The maximum atomic E-state index is 11.2. The number of ether oxygens (including phenoxy) is 3. The van der Waals surface area contributed by atoms with Crippen molar-refractivity contribution in [2.24, 2.45) is 11.5 Å². The summed E-state index contributed by atoms with van der Waals surface area (Å²) in [7, 11) is 4.34. The molecule has 0 bridgehead atoms. The van der Waals surface area contributed by atoms with Gasteiger partial charge in [-0.15, -0.1) is 0 Å². The van der Waals surface area contributed by atoms with Gasteiger partial charge in [-0.2, -0.15) is 0 Å². The molecule has 2 amide bonds. The molecule has 1 aromatic carbocycles. The average Bonchev–Trinajstić information content (AvgIpc) is 2.42. The van der Waals surface area contributed by atoms with Gasteiger partial charge >= 0.3 is 0 Å². The Morgan fingerprint density at radius 1 is 0.950 bits per heavy atom. The number of primary amides is 2. The van der Waals surface area contributed by atoms with Gasteiger partial charge in [0, 0.05) is 5.56 Å². The molecule has 0 saturated carbocycles. The summed E-state index contributed by atoms with van der Waals surface area (Å²) in [6.07, 6.45) is 1.24. The molecule has 0 atom stereocenters. The van der Waals surface area contributed by atoms with Crippen LogP contribution in [0.15, 0.2) is 17.7 Å². The predicted octanol–water partition coefficient (Wildman–Crippen LogP) is 0.0664. The van der Waals surface area contributed by atoms with Crippen LogP contribution in [-0.2, 0) is 9.59 Å². The van der Waals surface area contributed by atoms with Crippen LogP contribution in [0.1, 0.15) is 5.56 Å². The summed E-state index contributed by atoms with van der Waals surface area (Å²) in [4.78, 5) is 22.4. The van der Waals surface area contributed by atoms with Gasteiger partial charge < -0.3 is 25.7 Å². The number of nitrogens with two attached hydrogens (primary N) is 2. The van der Waals surface area contributed by atoms with Crippen molar-refractivity contribution < 1.29 is 23.8 Å². The third kappa shape index (κ3) is 3.00. The lowest BCUT2D eigenvalue weighted by Gasteiger charge is -2.14. The zero-order valence-electron chi connectivity index (χ0n) is 11.4. The molecule has 0 unspecified atom stereocenters. The number of hydrogen-bond donors (Lipinski definition) is 2. The molecule has 0 aromatic heterocycles. The molecule has 4 N–H and O–H groups in total. The molecule has 0 aliphatic heterocycles. The first-order valence-corrected chi connectivity index (χ1v) is 5.56. The monoisotopic (exact) mass is 280 g/mol. The van der Waals surface area contributed by atoms with Gasteiger partial charge in [0.05, 0.1) is 21.3 Å². The van der Waals surface area contributed by atoms with Crippen molar-refractivity contribution in [3.63, 3.8) is 0 Å². The molecule has 20 heavy (non-hydrogen) atoms. The van der Waals surface area contributed by atoms with E-state index in [2.05, 4.69) is 0 Å². The number of hydrogen-bond acceptors (Lipinski definition) is 5. The lowest BCUT2D eigenvalue weighted by atomic mass is 10.1. The fourth-order valence-corrected chi connectivity index (χ4v) is 1.66. The largest absolute Gasteiger partial charge is 0.493 e. The van der Waals surface area contributed by atoms with Crippen LogP contribution in [0.5, 0.6) is 17.2 Å². The number of amides is 2. The Morgan fingerprint density at radius 3 is 1.90 bits per heavy atom. The molecular weight excluding hydrogens is 264 g/mol. The summed E-state index contributed by atoms with van der Waals surface area (Å²) < 4.78 is 15.5. The summed E-state index contributed by atoms with van der Waals surface area (Å²) in [5.74, 6) is -0.770. The van der Waals surface area contributed by atoms with Crippen LogP contribution in [0.2, 0.25) is 0 Å². The van der Waals surface area contributed by atoms with E-state index in [1.807, 2.05) is 0 Å². The van der Waals surface area contributed by atoms with Crippen molar-refractivity contribution in [1.29, 1.82) is 0 Å². The van der Waals surface area contributed by atoms with Crippen molar-refractivity contribution in [1.82, 2.24) is 0 Å². The molecule has 108 valence electrons. The van der Waals surface area contributed by atoms with Gasteiger partial charge in [-0.05, 0) is 18.2 Å². The van der Waals surface area contributed by atoms with Gasteiger partial charge in [0.15, 0.2) is 11.5 Å². The van der Waals surface area contributed by atoms with Crippen LogP contribution in [0.25, 0.3) is 6.08 Å². The molecule has 1 rings (SSSR count). The quantitative estimate of drug-likeness (QED) is 0.434. The molecule has 0 aliphatic rings. The molecule has 0 radical (unpaired) electrons. The minimum atomic E-state index is -0.922. The predicted molar refractivity (Wildman–Crippen MR) is 72.5 cm³/mol. The number of carbonyl (C=O) groups is 2. The minimum absolute atomic E-state index is 0.298. The Kier molecular flexibility index (Phi) is 4.96. The highest BCUT2D eigenvalue weighted by Crippen LogP contribution is 2.40. The highest BCUT2D eigenvalue weighted by molar-refractivity contribution is 6.20. The van der Waals surface area contributed by atoms with Crippen LogP contribution >= 0.6 is 0 Å². The first kappa shape index (κ1) is 15.4. The van der Waals surface area contributed by atoms with E-state index >= 15 is 0 Å². The van der Waals surface area contributed by atoms with E-state index in [0.717, 1.165) is 0 Å². The second-order valence-corrected chi connectivity index (χ2v) is 3.71. The SMILES string of the molecule is COc1ccc(C=C(C(N)=O)C(N)=O)c(OC)c1OC. The Hall–Kier alpha value is -2.70. The standard InChI is InChI=1S/C13H16N2O5/c1-18-9-5-4-7(10(19-2)11(9)20-3)6-8(12(14)16)13(15)17/h4-6H,1-3H3,(H2,14,16)(H2,15,17). The second-order valence-electron chi connectivity index (χ2n) is 3.71. The van der Waals surface area contributed by atoms with Crippen molar-refractivity contribution in [3.8, 4) is 17.2 Å². The average molecular weight is 280 g/mol. The maximum absolute atomic E-state index is 11.2. The van der Waals surface area contributed by atoms with Gasteiger partial charge in [-0.1, -0.05) is 0 Å². The van der Waals surface area contributed by atoms with Crippen LogP contribution in [0.3, 0.4) is 0 Å². The number of benzene rings is 1. The van der Waals surface area contributed by atoms with E-state index in [1.165, 1.54) is 27.4 Å². The Labute approximate surface area is 116 Å². The zero-order chi connectivity index (χ0) is 15.3. The zero-order valence-corrected chi connectivity index (χ0v) is 11.4. The Morgan fingerprint density at radius 2 is 1.50 bits per heavy atom. The highest BCUT2D eigenvalue weighted by atomic mass is 16.5. The van der Waals surface area contributed by atoms with Crippen molar-refractivity contribution in [2.45, 2.75) is 0 Å². The molecule has 0 aliphatic carbocycles. The summed E-state index contributed by atoms with van der Waals surface area (Å²) in [5.41, 5.74) is 10.3. The van der Waals surface area contributed by atoms with E-state index in [-0.39, 0.29) is 5.57 Å². The molecular formula is C13H16N2O5. The van der Waals surface area contributed by atoms with Crippen molar-refractivity contribution >= 4 is 17.9 Å². The molecule has 0 heterocycles.